The monoisotopic (exact) mass is 528 g/mol. The molecule has 0 bridgehead atoms. The summed E-state index contributed by atoms with van der Waals surface area (Å²) in [5.74, 6) is 0.977. The lowest BCUT2D eigenvalue weighted by atomic mass is 9.98. The summed E-state index contributed by atoms with van der Waals surface area (Å²) in [5.41, 5.74) is 3.85. The normalized spacial score (nSPS) is 20.6. The lowest BCUT2D eigenvalue weighted by Gasteiger charge is -2.44. The molecule has 0 aliphatic carbocycles. The van der Waals surface area contributed by atoms with Gasteiger partial charge in [-0.1, -0.05) is 61.0 Å². The van der Waals surface area contributed by atoms with Gasteiger partial charge in [-0.3, -0.25) is 9.80 Å². The van der Waals surface area contributed by atoms with Crippen LogP contribution in [0.15, 0.2) is 59.6 Å². The highest BCUT2D eigenvalue weighted by Crippen LogP contribution is 2.38. The van der Waals surface area contributed by atoms with Crippen molar-refractivity contribution in [3.05, 3.63) is 65.2 Å². The summed E-state index contributed by atoms with van der Waals surface area (Å²) in [7, 11) is -1.89. The first-order valence-electron chi connectivity index (χ1n) is 12.1. The average Bonchev–Trinajstić information content (AvgIpc) is 2.72. The van der Waals surface area contributed by atoms with Crippen molar-refractivity contribution >= 4 is 24.2 Å². The number of hydrogen-bond donors (Lipinski definition) is 0. The highest BCUT2D eigenvalue weighted by molar-refractivity contribution is 9.10. The Balaban J connectivity index is 1.87. The van der Waals surface area contributed by atoms with Crippen molar-refractivity contribution in [2.75, 3.05) is 19.6 Å². The Kier molecular flexibility index (Phi) is 8.31. The summed E-state index contributed by atoms with van der Waals surface area (Å²) < 4.78 is 7.72. The van der Waals surface area contributed by atoms with Crippen LogP contribution in [0.2, 0.25) is 18.1 Å². The van der Waals surface area contributed by atoms with E-state index in [1.807, 2.05) is 6.08 Å². The molecule has 2 atom stereocenters. The summed E-state index contributed by atoms with van der Waals surface area (Å²) in [6.07, 6.45) is 2.02. The van der Waals surface area contributed by atoms with Crippen molar-refractivity contribution in [2.24, 2.45) is 0 Å². The molecule has 5 heteroatoms. The van der Waals surface area contributed by atoms with E-state index in [2.05, 4.69) is 122 Å². The third-order valence-electron chi connectivity index (χ3n) is 7.38. The highest BCUT2D eigenvalue weighted by Gasteiger charge is 2.39. The van der Waals surface area contributed by atoms with Gasteiger partial charge in [0.15, 0.2) is 0 Å². The van der Waals surface area contributed by atoms with Crippen molar-refractivity contribution in [2.45, 2.75) is 71.4 Å². The maximum absolute atomic E-state index is 6.62. The summed E-state index contributed by atoms with van der Waals surface area (Å²) in [5, 5.41) is 0.171. The van der Waals surface area contributed by atoms with E-state index >= 15 is 0 Å². The van der Waals surface area contributed by atoms with Crippen LogP contribution in [0.25, 0.3) is 11.1 Å². The van der Waals surface area contributed by atoms with E-state index in [1.54, 1.807) is 0 Å². The zero-order valence-electron chi connectivity index (χ0n) is 21.5. The third-order valence-corrected chi connectivity index (χ3v) is 12.2. The Morgan fingerprint density at radius 1 is 1.06 bits per heavy atom. The fourth-order valence-electron chi connectivity index (χ4n) is 4.26. The second-order valence-corrected chi connectivity index (χ2v) is 16.7. The van der Waals surface area contributed by atoms with Gasteiger partial charge in [-0.05, 0) is 72.9 Å². The molecule has 0 spiro atoms. The lowest BCUT2D eigenvalue weighted by molar-refractivity contribution is 0.0453. The van der Waals surface area contributed by atoms with Crippen LogP contribution in [0, 0.1) is 0 Å². The molecule has 180 valence electrons. The molecule has 3 nitrogen and oxygen atoms in total. The summed E-state index contributed by atoms with van der Waals surface area (Å²) in [4.78, 5) is 5.14. The van der Waals surface area contributed by atoms with Crippen LogP contribution in [0.5, 0.6) is 5.75 Å². The van der Waals surface area contributed by atoms with Crippen LogP contribution in [-0.2, 0) is 6.54 Å². The highest BCUT2D eigenvalue weighted by atomic mass is 79.9. The van der Waals surface area contributed by atoms with Gasteiger partial charge in [0.25, 0.3) is 0 Å². The van der Waals surface area contributed by atoms with Crippen molar-refractivity contribution in [1.29, 1.82) is 0 Å². The SMILES string of the molecule is C=CCN1C[C@H](C)N(Cc2ccc(Br)cc2-c2cccc(O[Si](C)(C)C(C)(C)C)c2)C[C@@H]1C. The molecular weight excluding hydrogens is 488 g/mol. The van der Waals surface area contributed by atoms with Crippen LogP contribution in [0.1, 0.15) is 40.2 Å². The first-order chi connectivity index (χ1) is 15.4. The second kappa shape index (κ2) is 10.5. The van der Waals surface area contributed by atoms with Crippen LogP contribution in [0.4, 0.5) is 0 Å². The van der Waals surface area contributed by atoms with Gasteiger partial charge in [0.2, 0.25) is 8.32 Å². The molecule has 0 unspecified atom stereocenters. The maximum Gasteiger partial charge on any atom is 0.250 e. The van der Waals surface area contributed by atoms with Gasteiger partial charge in [-0.2, -0.15) is 0 Å². The second-order valence-electron chi connectivity index (χ2n) is 11.1. The molecule has 1 aliphatic rings. The maximum atomic E-state index is 6.62. The van der Waals surface area contributed by atoms with E-state index in [-0.39, 0.29) is 5.04 Å². The predicted octanol–water partition coefficient (Wildman–Crippen LogP) is 7.58. The third kappa shape index (κ3) is 6.39. The van der Waals surface area contributed by atoms with Gasteiger partial charge in [0, 0.05) is 42.7 Å². The van der Waals surface area contributed by atoms with Crippen molar-refractivity contribution in [3.63, 3.8) is 0 Å². The Morgan fingerprint density at radius 3 is 2.39 bits per heavy atom. The van der Waals surface area contributed by atoms with Crippen molar-refractivity contribution in [1.82, 2.24) is 9.80 Å². The molecule has 1 heterocycles. The molecule has 1 fully saturated rings. The lowest BCUT2D eigenvalue weighted by Crippen LogP contribution is -2.55. The van der Waals surface area contributed by atoms with Gasteiger partial charge in [-0.15, -0.1) is 6.58 Å². The van der Waals surface area contributed by atoms with Gasteiger partial charge in [-0.25, -0.2) is 0 Å². The van der Waals surface area contributed by atoms with E-state index < -0.39 is 8.32 Å². The standard InChI is InChI=1S/C28H41BrN2OSi/c1-9-15-30-18-22(3)31(19-21(30)2)20-24-13-14-25(29)17-27(24)23-11-10-12-26(16-23)32-33(7,8)28(4,5)6/h9-14,16-17,21-22H,1,15,18-20H2,2-8H3/t21-,22-/m0/s1. The molecule has 2 aromatic carbocycles. The minimum absolute atomic E-state index is 0.171. The first-order valence-corrected chi connectivity index (χ1v) is 15.8. The first kappa shape index (κ1) is 26.2. The molecule has 33 heavy (non-hydrogen) atoms. The van der Waals surface area contributed by atoms with E-state index in [0.29, 0.717) is 12.1 Å². The van der Waals surface area contributed by atoms with E-state index in [1.165, 1.54) is 16.7 Å². The van der Waals surface area contributed by atoms with Gasteiger partial charge in [0.1, 0.15) is 5.75 Å². The fraction of sp³-hybridized carbons (Fsp3) is 0.500. The largest absolute Gasteiger partial charge is 0.543 e. The number of rotatable bonds is 7. The molecule has 0 amide bonds. The molecule has 3 rings (SSSR count). The summed E-state index contributed by atoms with van der Waals surface area (Å²) >= 11 is 3.70. The molecule has 1 aliphatic heterocycles. The predicted molar refractivity (Wildman–Crippen MR) is 149 cm³/mol. The number of nitrogens with zero attached hydrogens (tertiary/aromatic N) is 2. The van der Waals surface area contributed by atoms with Crippen molar-refractivity contribution in [3.8, 4) is 16.9 Å². The van der Waals surface area contributed by atoms with E-state index in [9.17, 15) is 0 Å². The number of benzene rings is 2. The van der Waals surface area contributed by atoms with Crippen LogP contribution in [0.3, 0.4) is 0 Å². The van der Waals surface area contributed by atoms with E-state index in [0.717, 1.165) is 36.4 Å². The topological polar surface area (TPSA) is 15.7 Å². The fourth-order valence-corrected chi connectivity index (χ4v) is 5.64. The number of halogens is 1. The quantitative estimate of drug-likeness (QED) is 0.272. The molecule has 0 saturated carbocycles. The van der Waals surface area contributed by atoms with Gasteiger partial charge < -0.3 is 4.43 Å². The molecule has 2 aromatic rings. The molecule has 0 aromatic heterocycles. The Labute approximate surface area is 211 Å². The zero-order chi connectivity index (χ0) is 24.4. The van der Waals surface area contributed by atoms with E-state index in [4.69, 9.17) is 4.43 Å². The van der Waals surface area contributed by atoms with Crippen LogP contribution >= 0.6 is 15.9 Å². The number of piperazine rings is 1. The molecule has 0 radical (unpaired) electrons. The Morgan fingerprint density at radius 2 is 1.73 bits per heavy atom. The number of hydrogen-bond acceptors (Lipinski definition) is 3. The molecular formula is C28H41BrN2OSi. The van der Waals surface area contributed by atoms with Crippen LogP contribution in [-0.4, -0.2) is 49.8 Å². The minimum Gasteiger partial charge on any atom is -0.543 e. The Bertz CT molecular complexity index is 969. The molecule has 1 saturated heterocycles. The van der Waals surface area contributed by atoms with Gasteiger partial charge in [0.05, 0.1) is 0 Å². The minimum atomic E-state index is -1.89. The zero-order valence-corrected chi connectivity index (χ0v) is 24.1. The average molecular weight is 530 g/mol. The summed E-state index contributed by atoms with van der Waals surface area (Å²) in [6.45, 7) is 24.1. The smallest absolute Gasteiger partial charge is 0.250 e. The van der Waals surface area contributed by atoms with Crippen LogP contribution < -0.4 is 4.43 Å². The summed E-state index contributed by atoms with van der Waals surface area (Å²) in [6, 6.07) is 16.4. The Hall–Kier alpha value is -1.40. The van der Waals surface area contributed by atoms with Gasteiger partial charge >= 0.3 is 0 Å². The molecule has 0 N–H and O–H groups in total. The van der Waals surface area contributed by atoms with Crippen molar-refractivity contribution < 1.29 is 4.43 Å².